The molecule has 2 aliphatic heterocycles. The summed E-state index contributed by atoms with van der Waals surface area (Å²) in [6, 6.07) is 13.8. The Balaban J connectivity index is 1.14. The Morgan fingerprint density at radius 2 is 1.82 bits per heavy atom. The molecule has 10 nitrogen and oxygen atoms in total. The Hall–Kier alpha value is -4.05. The highest BCUT2D eigenvalue weighted by molar-refractivity contribution is 5.66. The molecular weight excluding hydrogens is 430 g/mol. The lowest BCUT2D eigenvalue weighted by molar-refractivity contribution is 0.131. The number of benzene rings is 1. The van der Waals surface area contributed by atoms with Crippen LogP contribution in [0, 0.1) is 5.41 Å². The Kier molecular flexibility index (Phi) is 4.88. The molecule has 0 atom stereocenters. The van der Waals surface area contributed by atoms with E-state index in [0.29, 0.717) is 17.2 Å². The zero-order valence-electron chi connectivity index (χ0n) is 18.8. The quantitative estimate of drug-likeness (QED) is 0.468. The van der Waals surface area contributed by atoms with Gasteiger partial charge in [0.25, 0.3) is 0 Å². The molecule has 4 aromatic rings. The van der Waals surface area contributed by atoms with E-state index < -0.39 is 0 Å². The summed E-state index contributed by atoms with van der Waals surface area (Å²) < 4.78 is 7.29. The van der Waals surface area contributed by atoms with E-state index in [4.69, 9.17) is 10.5 Å². The van der Waals surface area contributed by atoms with Crippen LogP contribution in [0.1, 0.15) is 6.42 Å². The van der Waals surface area contributed by atoms with Gasteiger partial charge in [-0.2, -0.15) is 4.98 Å². The van der Waals surface area contributed by atoms with Crippen molar-refractivity contribution in [1.29, 1.82) is 0 Å². The molecule has 2 fully saturated rings. The predicted molar refractivity (Wildman–Crippen MR) is 129 cm³/mol. The second-order valence-corrected chi connectivity index (χ2v) is 8.95. The summed E-state index contributed by atoms with van der Waals surface area (Å²) in [5.74, 6) is 2.51. The fourth-order valence-corrected chi connectivity index (χ4v) is 4.53. The molecule has 5 heterocycles. The summed E-state index contributed by atoms with van der Waals surface area (Å²) in [6.07, 6.45) is 4.64. The SMILES string of the molecule is Cn1nc(-c2ccc(N3CC4(CCOC4)C3)nc2)nc1Nc1ccc(-c2ccnc(N)n2)cc1. The predicted octanol–water partition coefficient (Wildman–Crippen LogP) is 2.89. The number of nitrogens with two attached hydrogens (primary N) is 1. The first-order valence-electron chi connectivity index (χ1n) is 11.2. The van der Waals surface area contributed by atoms with Gasteiger partial charge in [-0.25, -0.2) is 19.6 Å². The standard InChI is InChI=1S/C24H25N9O/c1-32-23(28-18-5-2-16(3-6-18)19-8-10-26-22(25)29-19)30-21(31-32)17-4-7-20(27-12-17)33-13-24(14-33)9-11-34-15-24/h2-8,10,12H,9,11,13-15H2,1H3,(H2,25,26,29)(H,28,30,31). The van der Waals surface area contributed by atoms with Crippen molar-refractivity contribution in [2.45, 2.75) is 6.42 Å². The van der Waals surface area contributed by atoms with Crippen molar-refractivity contribution in [3.63, 3.8) is 0 Å². The number of hydrogen-bond acceptors (Lipinski definition) is 9. The molecule has 3 aromatic heterocycles. The van der Waals surface area contributed by atoms with Gasteiger partial charge in [0.05, 0.1) is 12.3 Å². The largest absolute Gasteiger partial charge is 0.381 e. The van der Waals surface area contributed by atoms with Gasteiger partial charge in [0.1, 0.15) is 5.82 Å². The molecule has 0 radical (unpaired) electrons. The van der Waals surface area contributed by atoms with Crippen molar-refractivity contribution in [3.8, 4) is 22.6 Å². The van der Waals surface area contributed by atoms with Crippen molar-refractivity contribution in [1.82, 2.24) is 29.7 Å². The maximum absolute atomic E-state index is 5.69. The number of aryl methyl sites for hydroxylation is 1. The third-order valence-corrected chi connectivity index (χ3v) is 6.44. The number of hydrogen-bond donors (Lipinski definition) is 2. The molecule has 0 aliphatic carbocycles. The lowest BCUT2D eigenvalue weighted by Gasteiger charge is -2.47. The molecule has 10 heteroatoms. The molecule has 172 valence electrons. The summed E-state index contributed by atoms with van der Waals surface area (Å²) >= 11 is 0. The van der Waals surface area contributed by atoms with E-state index in [1.807, 2.05) is 55.7 Å². The van der Waals surface area contributed by atoms with Crippen LogP contribution in [0.2, 0.25) is 0 Å². The van der Waals surface area contributed by atoms with Crippen LogP contribution in [0.25, 0.3) is 22.6 Å². The smallest absolute Gasteiger partial charge is 0.225 e. The van der Waals surface area contributed by atoms with Crippen LogP contribution in [-0.4, -0.2) is 56.0 Å². The first-order chi connectivity index (χ1) is 16.6. The zero-order chi connectivity index (χ0) is 23.1. The van der Waals surface area contributed by atoms with Gasteiger partial charge in [0, 0.05) is 61.4 Å². The number of ether oxygens (including phenoxy) is 1. The van der Waals surface area contributed by atoms with Crippen molar-refractivity contribution in [2.75, 3.05) is 42.3 Å². The Labute approximate surface area is 196 Å². The molecule has 1 spiro atoms. The first kappa shape index (κ1) is 20.5. The summed E-state index contributed by atoms with van der Waals surface area (Å²) in [5.41, 5.74) is 9.53. The third kappa shape index (κ3) is 3.81. The maximum atomic E-state index is 5.69. The molecule has 3 N–H and O–H groups in total. The van der Waals surface area contributed by atoms with E-state index in [9.17, 15) is 0 Å². The average molecular weight is 456 g/mol. The first-order valence-corrected chi connectivity index (χ1v) is 11.2. The number of pyridine rings is 1. The highest BCUT2D eigenvalue weighted by Crippen LogP contribution is 2.40. The molecule has 2 aliphatic rings. The van der Waals surface area contributed by atoms with E-state index in [1.54, 1.807) is 10.9 Å². The van der Waals surface area contributed by atoms with Gasteiger partial charge >= 0.3 is 0 Å². The minimum Gasteiger partial charge on any atom is -0.381 e. The number of aromatic nitrogens is 6. The topological polar surface area (TPSA) is 120 Å². The van der Waals surface area contributed by atoms with E-state index in [0.717, 1.165) is 61.1 Å². The summed E-state index contributed by atoms with van der Waals surface area (Å²) in [5, 5.41) is 7.88. The van der Waals surface area contributed by atoms with Crippen LogP contribution < -0.4 is 16.0 Å². The minimum absolute atomic E-state index is 0.256. The second-order valence-electron chi connectivity index (χ2n) is 8.95. The molecule has 34 heavy (non-hydrogen) atoms. The number of nitrogens with zero attached hydrogens (tertiary/aromatic N) is 7. The molecule has 0 unspecified atom stereocenters. The number of rotatable bonds is 5. The van der Waals surface area contributed by atoms with Crippen molar-refractivity contribution < 1.29 is 4.74 Å². The van der Waals surface area contributed by atoms with Gasteiger partial charge in [0.2, 0.25) is 11.9 Å². The van der Waals surface area contributed by atoms with E-state index >= 15 is 0 Å². The fraction of sp³-hybridized carbons (Fsp3) is 0.292. The average Bonchev–Trinajstić information content (AvgIpc) is 3.46. The van der Waals surface area contributed by atoms with Crippen molar-refractivity contribution in [3.05, 3.63) is 54.9 Å². The molecule has 6 rings (SSSR count). The number of nitrogens with one attached hydrogen (secondary N) is 1. The van der Waals surface area contributed by atoms with Gasteiger partial charge in [-0.3, -0.25) is 0 Å². The number of nitrogen functional groups attached to an aromatic ring is 1. The van der Waals surface area contributed by atoms with Gasteiger partial charge in [-0.1, -0.05) is 12.1 Å². The molecule has 2 saturated heterocycles. The van der Waals surface area contributed by atoms with E-state index in [1.165, 1.54) is 0 Å². The lowest BCUT2D eigenvalue weighted by Crippen LogP contribution is -2.57. The number of anilines is 4. The summed E-state index contributed by atoms with van der Waals surface area (Å²) in [6.45, 7) is 3.77. The van der Waals surface area contributed by atoms with Gasteiger partial charge in [0.15, 0.2) is 5.82 Å². The van der Waals surface area contributed by atoms with Crippen LogP contribution >= 0.6 is 0 Å². The van der Waals surface area contributed by atoms with E-state index in [-0.39, 0.29) is 5.95 Å². The van der Waals surface area contributed by atoms with Crippen LogP contribution in [0.5, 0.6) is 0 Å². The highest BCUT2D eigenvalue weighted by atomic mass is 16.5. The maximum Gasteiger partial charge on any atom is 0.225 e. The molecule has 0 saturated carbocycles. The van der Waals surface area contributed by atoms with Crippen molar-refractivity contribution >= 4 is 23.4 Å². The van der Waals surface area contributed by atoms with Gasteiger partial charge in [-0.15, -0.1) is 5.10 Å². The van der Waals surface area contributed by atoms with Crippen molar-refractivity contribution in [2.24, 2.45) is 12.5 Å². The summed E-state index contributed by atoms with van der Waals surface area (Å²) in [4.78, 5) is 19.8. The fourth-order valence-electron chi connectivity index (χ4n) is 4.53. The Morgan fingerprint density at radius 1 is 1.00 bits per heavy atom. The van der Waals surface area contributed by atoms with Crippen LogP contribution in [0.15, 0.2) is 54.9 Å². The Morgan fingerprint density at radius 3 is 2.53 bits per heavy atom. The molecule has 1 aromatic carbocycles. The Bertz CT molecular complexity index is 1300. The van der Waals surface area contributed by atoms with Gasteiger partial charge in [-0.05, 0) is 36.8 Å². The van der Waals surface area contributed by atoms with Crippen LogP contribution in [0.4, 0.5) is 23.4 Å². The molecular formula is C24H25N9O. The van der Waals surface area contributed by atoms with E-state index in [2.05, 4.69) is 35.3 Å². The lowest BCUT2D eigenvalue weighted by atomic mass is 9.79. The monoisotopic (exact) mass is 455 g/mol. The highest BCUT2D eigenvalue weighted by Gasteiger charge is 2.46. The summed E-state index contributed by atoms with van der Waals surface area (Å²) in [7, 11) is 1.86. The molecule has 0 amide bonds. The van der Waals surface area contributed by atoms with Crippen LogP contribution in [0.3, 0.4) is 0 Å². The van der Waals surface area contributed by atoms with Crippen LogP contribution in [-0.2, 0) is 11.8 Å². The van der Waals surface area contributed by atoms with Gasteiger partial charge < -0.3 is 20.7 Å². The minimum atomic E-state index is 0.256. The third-order valence-electron chi connectivity index (χ3n) is 6.44. The zero-order valence-corrected chi connectivity index (χ0v) is 18.8. The second kappa shape index (κ2) is 8.07. The molecule has 0 bridgehead atoms. The normalized spacial score (nSPS) is 16.6.